The number of nitrogens with zero attached hydrogens (tertiary/aromatic N) is 2. The molecule has 3 N–H and O–H groups in total. The summed E-state index contributed by atoms with van der Waals surface area (Å²) in [6, 6.07) is 20.7. The minimum atomic E-state index is -3.62. The van der Waals surface area contributed by atoms with Crippen molar-refractivity contribution in [2.75, 3.05) is 26.2 Å². The van der Waals surface area contributed by atoms with Gasteiger partial charge in [0.05, 0.1) is 19.7 Å². The summed E-state index contributed by atoms with van der Waals surface area (Å²) in [5.74, 6) is -1.11. The molecule has 306 valence electrons. The van der Waals surface area contributed by atoms with Crippen molar-refractivity contribution in [3.05, 3.63) is 93.8 Å². The molecule has 56 heavy (non-hydrogen) atoms. The van der Waals surface area contributed by atoms with Crippen molar-refractivity contribution in [3.8, 4) is 0 Å². The van der Waals surface area contributed by atoms with E-state index in [2.05, 4.69) is 30.7 Å². The lowest BCUT2D eigenvalue weighted by molar-refractivity contribution is -0.809. The monoisotopic (exact) mass is 827 g/mol. The first-order valence-corrected chi connectivity index (χ1v) is 25.6. The third kappa shape index (κ3) is 9.66. The van der Waals surface area contributed by atoms with Gasteiger partial charge in [0.15, 0.2) is 26.5 Å². The van der Waals surface area contributed by atoms with Crippen LogP contribution in [0.5, 0.6) is 0 Å². The van der Waals surface area contributed by atoms with Gasteiger partial charge >= 0.3 is 13.9 Å². The lowest BCUT2D eigenvalue weighted by atomic mass is 10.1. The van der Waals surface area contributed by atoms with E-state index >= 15 is 0 Å². The van der Waals surface area contributed by atoms with E-state index in [1.54, 1.807) is 4.90 Å². The molecule has 0 saturated carbocycles. The largest absolute Gasteiger partial charge is 0.566 e. The predicted octanol–water partition coefficient (Wildman–Crippen LogP) is 3.37. The number of aromatic amines is 1. The van der Waals surface area contributed by atoms with Crippen molar-refractivity contribution < 1.29 is 37.6 Å². The quantitative estimate of drug-likeness (QED) is 0.158. The summed E-state index contributed by atoms with van der Waals surface area (Å²) in [5, 5.41) is 13.3. The maximum atomic E-state index is 13.0. The van der Waals surface area contributed by atoms with Gasteiger partial charge < -0.3 is 23.6 Å². The third-order valence-electron chi connectivity index (χ3n) is 11.6. The highest BCUT2D eigenvalue weighted by Gasteiger charge is 2.65. The molecule has 0 radical (unpaired) electrons. The molecular formula is C40H60N4O9PSi2+. The van der Waals surface area contributed by atoms with E-state index in [0.29, 0.717) is 0 Å². The van der Waals surface area contributed by atoms with Crippen molar-refractivity contribution in [1.82, 2.24) is 9.55 Å². The summed E-state index contributed by atoms with van der Waals surface area (Å²) in [5.41, 5.74) is -1.45. The van der Waals surface area contributed by atoms with Gasteiger partial charge in [-0.15, -0.1) is 4.52 Å². The number of nitrogens with one attached hydrogen (secondary N) is 2. The second-order valence-electron chi connectivity index (χ2n) is 17.5. The Morgan fingerprint density at radius 3 is 2.11 bits per heavy atom. The molecular weight excluding hydrogens is 768 g/mol. The number of benzene rings is 2. The molecule has 3 aliphatic rings. The number of hydrogen-bond donors (Lipinski definition) is 3. The van der Waals surface area contributed by atoms with Crippen LogP contribution in [-0.2, 0) is 22.7 Å². The van der Waals surface area contributed by atoms with Crippen LogP contribution in [0.1, 0.15) is 79.9 Å². The molecule has 0 spiro atoms. The fourth-order valence-corrected chi connectivity index (χ4v) is 13.9. The normalized spacial score (nSPS) is 25.0. The van der Waals surface area contributed by atoms with Crippen LogP contribution in [-0.4, -0.2) is 81.4 Å². The molecule has 0 amide bonds. The first kappa shape index (κ1) is 44.2. The van der Waals surface area contributed by atoms with Crippen LogP contribution in [0, 0.1) is 0 Å². The lowest BCUT2D eigenvalue weighted by Gasteiger charge is -2.44. The van der Waals surface area contributed by atoms with Crippen LogP contribution in [0.2, 0.25) is 23.2 Å². The molecule has 6 atom stereocenters. The Labute approximate surface area is 333 Å². The maximum absolute atomic E-state index is 13.0. The Balaban J connectivity index is 0.000000463. The highest BCUT2D eigenvalue weighted by Crippen LogP contribution is 2.48. The molecule has 1 aromatic heterocycles. The number of hydrogen-bond acceptors (Lipinski definition) is 10. The number of rotatable bonds is 10. The Morgan fingerprint density at radius 2 is 1.55 bits per heavy atom. The molecule has 3 aliphatic heterocycles. The van der Waals surface area contributed by atoms with E-state index in [-0.39, 0.29) is 11.6 Å². The van der Waals surface area contributed by atoms with Crippen molar-refractivity contribution in [2.45, 2.75) is 121 Å². The molecule has 2 fully saturated rings. The summed E-state index contributed by atoms with van der Waals surface area (Å²) < 4.78 is 38.5. The van der Waals surface area contributed by atoms with Gasteiger partial charge in [0.25, 0.3) is 19.7 Å². The number of aliphatic hydroxyl groups is 1. The number of aromatic nitrogens is 2. The van der Waals surface area contributed by atoms with Gasteiger partial charge in [-0.25, -0.2) is 9.79 Å². The van der Waals surface area contributed by atoms with E-state index in [9.17, 15) is 24.2 Å². The molecule has 16 heteroatoms. The highest BCUT2D eigenvalue weighted by molar-refractivity contribution is 7.30. The highest BCUT2D eigenvalue weighted by atomic mass is 31.1. The van der Waals surface area contributed by atoms with E-state index < -0.39 is 65.4 Å². The molecule has 0 bridgehead atoms. The van der Waals surface area contributed by atoms with Crippen LogP contribution < -0.4 is 31.4 Å². The molecule has 2 unspecified atom stereocenters. The smallest absolute Gasteiger partial charge is 0.491 e. The van der Waals surface area contributed by atoms with Crippen molar-refractivity contribution in [1.29, 1.82) is 0 Å². The van der Waals surface area contributed by atoms with Gasteiger partial charge in [-0.05, 0) is 57.4 Å². The average Bonchev–Trinajstić information content (AvgIpc) is 3.25. The first-order chi connectivity index (χ1) is 26.3. The molecule has 13 nitrogen and oxygen atoms in total. The van der Waals surface area contributed by atoms with Gasteiger partial charge in [0, 0.05) is 31.6 Å². The summed E-state index contributed by atoms with van der Waals surface area (Å²) >= 11 is 0. The average molecular weight is 828 g/mol. The SMILES string of the molecule is C1CCC2=NCCC[NH+]2CC1.CC(C)(C)[Si](C)(C)O[C@H]1[C@H](n2ccc(=O)[nH]c2=O)O[C@H](CO[Si](c2ccccc2)(c2ccccc2)C(C)(C)C)[C@]1(O)O[P+](=O)[O-]. The molecule has 0 aliphatic carbocycles. The summed E-state index contributed by atoms with van der Waals surface area (Å²) in [6.07, 6.45) is 3.73. The van der Waals surface area contributed by atoms with Crippen molar-refractivity contribution >= 4 is 41.1 Å². The molecule has 2 aromatic carbocycles. The van der Waals surface area contributed by atoms with E-state index in [4.69, 9.17) is 18.1 Å². The molecule has 2 saturated heterocycles. The van der Waals surface area contributed by atoms with Crippen molar-refractivity contribution in [2.24, 2.45) is 4.99 Å². The van der Waals surface area contributed by atoms with E-state index in [0.717, 1.165) is 27.6 Å². The number of H-pyrrole nitrogens is 1. The minimum absolute atomic E-state index is 0.307. The number of aliphatic imine (C=N–C) groups is 1. The van der Waals surface area contributed by atoms with E-state index in [1.807, 2.05) is 94.5 Å². The molecule has 3 aromatic rings. The zero-order valence-electron chi connectivity index (χ0n) is 34.1. The van der Waals surface area contributed by atoms with Gasteiger partial charge in [-0.3, -0.25) is 19.2 Å². The summed E-state index contributed by atoms with van der Waals surface area (Å²) in [4.78, 5) is 45.6. The number of fused-ring (bicyclic) bond motifs is 1. The lowest BCUT2D eigenvalue weighted by Crippen LogP contribution is -3.15. The Morgan fingerprint density at radius 1 is 0.946 bits per heavy atom. The zero-order chi connectivity index (χ0) is 40.9. The molecule has 4 heterocycles. The molecule has 6 rings (SSSR count). The van der Waals surface area contributed by atoms with Crippen LogP contribution >= 0.6 is 8.25 Å². The van der Waals surface area contributed by atoms with Gasteiger partial charge in [-0.2, -0.15) is 0 Å². The van der Waals surface area contributed by atoms with Gasteiger partial charge in [0.2, 0.25) is 0 Å². The fourth-order valence-electron chi connectivity index (χ4n) is 7.65. The Kier molecular flexibility index (Phi) is 14.1. The zero-order valence-corrected chi connectivity index (χ0v) is 37.0. The minimum Gasteiger partial charge on any atom is -0.566 e. The fraction of sp³-hybridized carbons (Fsp3) is 0.575. The van der Waals surface area contributed by atoms with Crippen LogP contribution in [0.4, 0.5) is 0 Å². The van der Waals surface area contributed by atoms with Gasteiger partial charge in [0.1, 0.15) is 6.10 Å². The van der Waals surface area contributed by atoms with Crippen LogP contribution in [0.3, 0.4) is 0 Å². The topological polar surface area (TPSA) is 169 Å². The third-order valence-corrected chi connectivity index (χ3v) is 21.5. The second-order valence-corrected chi connectivity index (χ2v) is 27.2. The first-order valence-electron chi connectivity index (χ1n) is 19.6. The standard InChI is InChI=1S/C31H43N2O9PSi2.C9H16N2/c1-29(2,3)44(7,8)41-26-27(33-20-19-25(34)32-28(33)35)40-24(31(26,36)42-43(37)38)21-39-45(30(4,5)6,22-15-11-9-12-16-22)23-17-13-10-14-18-23;1-2-5-9-10-6-4-8-11(9)7-3-1/h9-20,24,26-27,36H,21H2,1-8H3,(H,32,34,35);1-8H2/p+1/t24-,26+,27-,31+;/m1./s1. The number of amidine groups is 1. The Hall–Kier alpha value is -2.96. The van der Waals surface area contributed by atoms with Crippen LogP contribution in [0.15, 0.2) is 87.5 Å². The summed E-state index contributed by atoms with van der Waals surface area (Å²) in [7, 11) is -9.57. The van der Waals surface area contributed by atoms with E-state index in [1.165, 1.54) is 57.2 Å². The maximum Gasteiger partial charge on any atom is 0.491 e. The second kappa shape index (κ2) is 17.9. The van der Waals surface area contributed by atoms with Crippen molar-refractivity contribution in [3.63, 3.8) is 0 Å². The van der Waals surface area contributed by atoms with Gasteiger partial charge in [-0.1, -0.05) is 102 Å². The number of ether oxygens (including phenoxy) is 1. The van der Waals surface area contributed by atoms with Crippen LogP contribution in [0.25, 0.3) is 0 Å². The predicted molar refractivity (Wildman–Crippen MR) is 221 cm³/mol. The number of quaternary nitrogens is 1. The summed E-state index contributed by atoms with van der Waals surface area (Å²) in [6.45, 7) is 19.5. The Bertz CT molecular complexity index is 1890.